The number of nitrogens with two attached hydrogens (primary N) is 1. The molecule has 4 rings (SSSR count). The van der Waals surface area contributed by atoms with E-state index in [-0.39, 0.29) is 48.0 Å². The third-order valence-corrected chi connectivity index (χ3v) is 8.00. The highest BCUT2D eigenvalue weighted by molar-refractivity contribution is 7.94. The van der Waals surface area contributed by atoms with Crippen molar-refractivity contribution in [2.45, 2.75) is 25.9 Å². The van der Waals surface area contributed by atoms with Crippen LogP contribution in [0.3, 0.4) is 0 Å². The standard InChI is InChI=1S/C27H29N5O6S.2ClH/c1-17(28)31-12-10-24(11-13-31)38-23-8-6-22(7-9-23)32(39(36,37)16-25(33)34)27(35)20-5-3-18-2-4-19(26(29)30)14-21(18)15-20;;/h2-9,14-15,24,28H,10-13,16H2,1H3,(H3,29,30)(H,33,34);2*1H. The molecule has 1 amide bonds. The summed E-state index contributed by atoms with van der Waals surface area (Å²) in [5.41, 5.74) is 6.01. The number of carbonyl (C=O) groups excluding carboxylic acids is 1. The van der Waals surface area contributed by atoms with Gasteiger partial charge in [0.2, 0.25) is 0 Å². The van der Waals surface area contributed by atoms with Gasteiger partial charge in [-0.25, -0.2) is 12.7 Å². The van der Waals surface area contributed by atoms with Crippen molar-refractivity contribution in [3.05, 3.63) is 71.8 Å². The number of nitrogens with zero attached hydrogens (tertiary/aromatic N) is 2. The van der Waals surface area contributed by atoms with Gasteiger partial charge in [0.25, 0.3) is 15.9 Å². The van der Waals surface area contributed by atoms with Crippen LogP contribution in [-0.2, 0) is 14.8 Å². The number of hydrogen-bond donors (Lipinski definition) is 4. The van der Waals surface area contributed by atoms with Crippen molar-refractivity contribution in [1.29, 1.82) is 10.8 Å². The number of ether oxygens (including phenoxy) is 1. The number of rotatable bonds is 8. The Morgan fingerprint density at radius 1 is 0.976 bits per heavy atom. The molecular formula is C27H31Cl2N5O6S. The van der Waals surface area contributed by atoms with Gasteiger partial charge in [0.15, 0.2) is 5.75 Å². The number of amides is 1. The molecule has 1 aliphatic heterocycles. The van der Waals surface area contributed by atoms with Gasteiger partial charge in [-0.15, -0.1) is 24.8 Å². The van der Waals surface area contributed by atoms with Gasteiger partial charge in [-0.1, -0.05) is 18.2 Å². The molecule has 1 aliphatic rings. The number of piperidine rings is 1. The Kier molecular flexibility index (Phi) is 11.1. The van der Waals surface area contributed by atoms with E-state index >= 15 is 0 Å². The number of anilines is 1. The first-order chi connectivity index (χ1) is 18.4. The smallest absolute Gasteiger partial charge is 0.320 e. The van der Waals surface area contributed by atoms with E-state index in [0.29, 0.717) is 39.9 Å². The van der Waals surface area contributed by atoms with E-state index in [2.05, 4.69) is 0 Å². The van der Waals surface area contributed by atoms with Gasteiger partial charge < -0.3 is 20.5 Å². The third-order valence-electron chi connectivity index (χ3n) is 6.46. The lowest BCUT2D eigenvalue weighted by Gasteiger charge is -2.32. The Bertz CT molecular complexity index is 1560. The zero-order valence-corrected chi connectivity index (χ0v) is 24.5. The Hall–Kier alpha value is -3.87. The summed E-state index contributed by atoms with van der Waals surface area (Å²) in [6.07, 6.45) is 1.38. The summed E-state index contributed by atoms with van der Waals surface area (Å²) in [6.45, 7) is 3.15. The molecule has 0 aromatic heterocycles. The highest BCUT2D eigenvalue weighted by atomic mass is 35.5. The van der Waals surface area contributed by atoms with Crippen molar-refractivity contribution in [1.82, 2.24) is 4.90 Å². The van der Waals surface area contributed by atoms with Gasteiger partial charge >= 0.3 is 5.97 Å². The molecule has 0 spiro atoms. The molecule has 220 valence electrons. The van der Waals surface area contributed by atoms with Gasteiger partial charge in [0.1, 0.15) is 17.7 Å². The van der Waals surface area contributed by atoms with Crippen molar-refractivity contribution < 1.29 is 27.9 Å². The van der Waals surface area contributed by atoms with Gasteiger partial charge in [-0.3, -0.25) is 20.4 Å². The topological polar surface area (TPSA) is 178 Å². The maximum absolute atomic E-state index is 13.6. The van der Waals surface area contributed by atoms with Gasteiger partial charge in [-0.2, -0.15) is 0 Å². The van der Waals surface area contributed by atoms with Gasteiger partial charge in [0.05, 0.1) is 11.5 Å². The molecule has 3 aromatic rings. The fraction of sp³-hybridized carbons (Fsp3) is 0.259. The van der Waals surface area contributed by atoms with Crippen LogP contribution in [0.15, 0.2) is 60.7 Å². The molecule has 1 fully saturated rings. The Morgan fingerprint density at radius 2 is 1.54 bits per heavy atom. The van der Waals surface area contributed by atoms with E-state index in [1.807, 2.05) is 4.90 Å². The maximum Gasteiger partial charge on any atom is 0.320 e. The number of carboxylic acids is 1. The summed E-state index contributed by atoms with van der Waals surface area (Å²) in [6, 6.07) is 15.5. The lowest BCUT2D eigenvalue weighted by molar-refractivity contribution is -0.134. The van der Waals surface area contributed by atoms with E-state index in [9.17, 15) is 23.1 Å². The Balaban J connectivity index is 0.00000294. The average molecular weight is 625 g/mol. The summed E-state index contributed by atoms with van der Waals surface area (Å²) < 4.78 is 32.7. The Labute approximate surface area is 250 Å². The molecule has 1 heterocycles. The number of halogens is 2. The third kappa shape index (κ3) is 7.87. The second-order valence-corrected chi connectivity index (χ2v) is 11.1. The van der Waals surface area contributed by atoms with Gasteiger partial charge in [0, 0.05) is 37.1 Å². The van der Waals surface area contributed by atoms with Crippen LogP contribution in [-0.4, -0.2) is 66.9 Å². The highest BCUT2D eigenvalue weighted by Gasteiger charge is 2.32. The lowest BCUT2D eigenvalue weighted by atomic mass is 10.0. The minimum absolute atomic E-state index is 0. The molecule has 5 N–H and O–H groups in total. The van der Waals surface area contributed by atoms with Gasteiger partial charge in [-0.05, 0) is 60.2 Å². The van der Waals surface area contributed by atoms with Crippen LogP contribution in [0.5, 0.6) is 5.75 Å². The monoisotopic (exact) mass is 623 g/mol. The van der Waals surface area contributed by atoms with Crippen molar-refractivity contribution in [2.24, 2.45) is 5.73 Å². The summed E-state index contributed by atoms with van der Waals surface area (Å²) >= 11 is 0. The maximum atomic E-state index is 13.6. The van der Waals surface area contributed by atoms with Crippen molar-refractivity contribution >= 4 is 74.8 Å². The number of benzene rings is 3. The van der Waals surface area contributed by atoms with Crippen LogP contribution in [0.4, 0.5) is 5.69 Å². The van der Waals surface area contributed by atoms with E-state index in [4.69, 9.17) is 21.3 Å². The van der Waals surface area contributed by atoms with E-state index in [1.165, 1.54) is 24.3 Å². The summed E-state index contributed by atoms with van der Waals surface area (Å²) in [5.74, 6) is -2.95. The number of carboxylic acid groups (broad SMARTS) is 1. The highest BCUT2D eigenvalue weighted by Crippen LogP contribution is 2.28. The zero-order valence-electron chi connectivity index (χ0n) is 22.1. The van der Waals surface area contributed by atoms with Crippen molar-refractivity contribution in [2.75, 3.05) is 23.1 Å². The van der Waals surface area contributed by atoms with E-state index in [1.54, 1.807) is 43.3 Å². The van der Waals surface area contributed by atoms with Crippen molar-refractivity contribution in [3.63, 3.8) is 0 Å². The molecule has 0 aliphatic carbocycles. The second-order valence-electron chi connectivity index (χ2n) is 9.29. The van der Waals surface area contributed by atoms with Crippen LogP contribution < -0.4 is 14.8 Å². The average Bonchev–Trinajstić information content (AvgIpc) is 2.88. The van der Waals surface area contributed by atoms with E-state index < -0.39 is 27.7 Å². The van der Waals surface area contributed by atoms with Crippen LogP contribution in [0.1, 0.15) is 35.7 Å². The number of nitrogens with one attached hydrogen (secondary N) is 2. The molecule has 0 bridgehead atoms. The minimum atomic E-state index is -4.59. The second kappa shape index (κ2) is 13.7. The molecule has 41 heavy (non-hydrogen) atoms. The first-order valence-electron chi connectivity index (χ1n) is 12.2. The SMILES string of the molecule is CC(=N)N1CCC(Oc2ccc(N(C(=O)c3ccc4ccc(C(=N)N)cc4c3)S(=O)(=O)CC(=O)O)cc2)CC1.Cl.Cl. The lowest BCUT2D eigenvalue weighted by Crippen LogP contribution is -2.40. The number of nitrogen functional groups attached to an aromatic ring is 1. The first-order valence-corrected chi connectivity index (χ1v) is 13.8. The number of carbonyl (C=O) groups is 2. The minimum Gasteiger partial charge on any atom is -0.490 e. The fourth-order valence-electron chi connectivity index (χ4n) is 4.45. The number of hydrogen-bond acceptors (Lipinski definition) is 7. The molecule has 1 saturated heterocycles. The quantitative estimate of drug-likeness (QED) is 0.216. The summed E-state index contributed by atoms with van der Waals surface area (Å²) in [5, 5.41) is 25.9. The molecule has 0 radical (unpaired) electrons. The van der Waals surface area contributed by atoms with Crippen LogP contribution in [0.2, 0.25) is 0 Å². The Morgan fingerprint density at radius 3 is 2.07 bits per heavy atom. The normalized spacial score (nSPS) is 13.4. The number of fused-ring (bicyclic) bond motifs is 1. The predicted octanol–water partition coefficient (Wildman–Crippen LogP) is 3.87. The van der Waals surface area contributed by atoms with Crippen LogP contribution >= 0.6 is 24.8 Å². The molecule has 11 nitrogen and oxygen atoms in total. The van der Waals surface area contributed by atoms with Crippen LogP contribution in [0.25, 0.3) is 10.8 Å². The predicted molar refractivity (Wildman–Crippen MR) is 163 cm³/mol. The number of likely N-dealkylation sites (tertiary alicyclic amines) is 1. The van der Waals surface area contributed by atoms with Crippen molar-refractivity contribution in [3.8, 4) is 5.75 Å². The molecule has 0 saturated carbocycles. The summed E-state index contributed by atoms with van der Waals surface area (Å²) in [4.78, 5) is 26.9. The molecule has 0 unspecified atom stereocenters. The number of sulfonamides is 1. The molecule has 0 atom stereocenters. The zero-order chi connectivity index (χ0) is 28.3. The van der Waals surface area contributed by atoms with E-state index in [0.717, 1.165) is 18.2 Å². The first kappa shape index (κ1) is 33.3. The van der Waals surface area contributed by atoms with Crippen LogP contribution in [0, 0.1) is 10.8 Å². The number of aliphatic carboxylic acids is 1. The molecule has 3 aromatic carbocycles. The molecule has 14 heteroatoms. The number of amidine groups is 2. The fourth-order valence-corrected chi connectivity index (χ4v) is 5.69. The largest absolute Gasteiger partial charge is 0.490 e. The molecular weight excluding hydrogens is 593 g/mol. The summed E-state index contributed by atoms with van der Waals surface area (Å²) in [7, 11) is -4.59.